The Morgan fingerprint density at radius 3 is 2.31 bits per heavy atom. The molecule has 1 aliphatic rings. The molecule has 0 spiro atoms. The van der Waals surface area contributed by atoms with Crippen LogP contribution in [0.2, 0.25) is 0 Å². The minimum absolute atomic E-state index is 0.0338. The summed E-state index contributed by atoms with van der Waals surface area (Å²) in [4.78, 5) is 2.27. The van der Waals surface area contributed by atoms with Crippen LogP contribution in [0.3, 0.4) is 0 Å². The third kappa shape index (κ3) is 4.04. The molecule has 0 aromatic carbocycles. The maximum absolute atomic E-state index is 5.95. The van der Waals surface area contributed by atoms with Gasteiger partial charge < -0.3 is 14.4 Å². The normalized spacial score (nSPS) is 33.4. The minimum atomic E-state index is -0.0338. The zero-order valence-corrected chi connectivity index (χ0v) is 11.6. The van der Waals surface area contributed by atoms with Gasteiger partial charge in [-0.3, -0.25) is 0 Å². The van der Waals surface area contributed by atoms with Crippen molar-refractivity contribution in [1.82, 2.24) is 4.90 Å². The van der Waals surface area contributed by atoms with Crippen LogP contribution in [0, 0.1) is 5.92 Å². The summed E-state index contributed by atoms with van der Waals surface area (Å²) in [6, 6.07) is 0.577. The average molecular weight is 229 g/mol. The quantitative estimate of drug-likeness (QED) is 0.739. The van der Waals surface area contributed by atoms with Crippen LogP contribution in [0.4, 0.5) is 0 Å². The second-order valence-corrected chi connectivity index (χ2v) is 5.55. The zero-order chi connectivity index (χ0) is 12.3. The van der Waals surface area contributed by atoms with Gasteiger partial charge in [-0.25, -0.2) is 0 Å². The van der Waals surface area contributed by atoms with Crippen LogP contribution < -0.4 is 0 Å². The van der Waals surface area contributed by atoms with E-state index in [4.69, 9.17) is 9.47 Å². The van der Waals surface area contributed by atoms with E-state index in [0.717, 1.165) is 12.8 Å². The van der Waals surface area contributed by atoms with Crippen molar-refractivity contribution < 1.29 is 9.47 Å². The van der Waals surface area contributed by atoms with E-state index in [1.807, 2.05) is 0 Å². The Hall–Kier alpha value is -0.120. The van der Waals surface area contributed by atoms with Gasteiger partial charge in [0.15, 0.2) is 6.29 Å². The van der Waals surface area contributed by atoms with Gasteiger partial charge in [-0.15, -0.1) is 0 Å². The SMILES string of the molecule is CC1CC(N(C)C)CC(O[C@@H](C)C(C)C)O1. The molecule has 0 aromatic rings. The molecule has 0 N–H and O–H groups in total. The van der Waals surface area contributed by atoms with Gasteiger partial charge in [-0.2, -0.15) is 0 Å². The van der Waals surface area contributed by atoms with Gasteiger partial charge in [-0.05, 0) is 40.3 Å². The Bertz CT molecular complexity index is 204. The van der Waals surface area contributed by atoms with Gasteiger partial charge in [0, 0.05) is 12.5 Å². The molecule has 0 saturated carbocycles. The second kappa shape index (κ2) is 5.99. The molecule has 1 rings (SSSR count). The summed E-state index contributed by atoms with van der Waals surface area (Å²) < 4.78 is 11.8. The number of hydrogen-bond donors (Lipinski definition) is 0. The Morgan fingerprint density at radius 2 is 1.81 bits per heavy atom. The molecule has 1 heterocycles. The van der Waals surface area contributed by atoms with Crippen molar-refractivity contribution in [1.29, 1.82) is 0 Å². The van der Waals surface area contributed by atoms with E-state index in [1.54, 1.807) is 0 Å². The maximum Gasteiger partial charge on any atom is 0.159 e. The lowest BCUT2D eigenvalue weighted by atomic mass is 10.0. The molecule has 3 heteroatoms. The van der Waals surface area contributed by atoms with Crippen LogP contribution in [-0.4, -0.2) is 43.5 Å². The molecule has 3 unspecified atom stereocenters. The van der Waals surface area contributed by atoms with Gasteiger partial charge in [0.25, 0.3) is 0 Å². The van der Waals surface area contributed by atoms with Crippen LogP contribution in [-0.2, 0) is 9.47 Å². The highest BCUT2D eigenvalue weighted by Crippen LogP contribution is 2.24. The third-order valence-corrected chi connectivity index (χ3v) is 3.49. The van der Waals surface area contributed by atoms with Crippen LogP contribution >= 0.6 is 0 Å². The lowest BCUT2D eigenvalue weighted by molar-refractivity contribution is -0.224. The maximum atomic E-state index is 5.95. The molecule has 16 heavy (non-hydrogen) atoms. The standard InChI is InChI=1S/C13H27NO2/c1-9(2)11(4)16-13-8-12(14(5)6)7-10(3)15-13/h9-13H,7-8H2,1-6H3/t10?,11-,12?,13?/m0/s1. The second-order valence-electron chi connectivity index (χ2n) is 5.55. The summed E-state index contributed by atoms with van der Waals surface area (Å²) in [6.07, 6.45) is 2.61. The molecule has 0 aliphatic carbocycles. The fourth-order valence-corrected chi connectivity index (χ4v) is 1.98. The highest BCUT2D eigenvalue weighted by molar-refractivity contribution is 4.77. The minimum Gasteiger partial charge on any atom is -0.350 e. The highest BCUT2D eigenvalue weighted by Gasteiger charge is 2.30. The summed E-state index contributed by atoms with van der Waals surface area (Å²) in [7, 11) is 4.26. The zero-order valence-electron chi connectivity index (χ0n) is 11.6. The third-order valence-electron chi connectivity index (χ3n) is 3.49. The van der Waals surface area contributed by atoms with Crippen LogP contribution in [0.5, 0.6) is 0 Å². The topological polar surface area (TPSA) is 21.7 Å². The van der Waals surface area contributed by atoms with E-state index < -0.39 is 0 Å². The van der Waals surface area contributed by atoms with Crippen LogP contribution in [0.25, 0.3) is 0 Å². The summed E-state index contributed by atoms with van der Waals surface area (Å²) in [6.45, 7) is 8.62. The molecule has 0 radical (unpaired) electrons. The fourth-order valence-electron chi connectivity index (χ4n) is 1.98. The Kier molecular flexibility index (Phi) is 5.22. The van der Waals surface area contributed by atoms with Gasteiger partial charge >= 0.3 is 0 Å². The fraction of sp³-hybridized carbons (Fsp3) is 1.00. The number of ether oxygens (including phenoxy) is 2. The van der Waals surface area contributed by atoms with E-state index >= 15 is 0 Å². The van der Waals surface area contributed by atoms with E-state index in [-0.39, 0.29) is 12.4 Å². The first-order chi connectivity index (χ1) is 7.40. The molecule has 3 nitrogen and oxygen atoms in total. The Labute approximate surface area is 100 Å². The first-order valence-electron chi connectivity index (χ1n) is 6.37. The van der Waals surface area contributed by atoms with Crippen molar-refractivity contribution in [2.75, 3.05) is 14.1 Å². The van der Waals surface area contributed by atoms with Crippen LogP contribution in [0.15, 0.2) is 0 Å². The average Bonchev–Trinajstić information content (AvgIpc) is 2.16. The summed E-state index contributed by atoms with van der Waals surface area (Å²) >= 11 is 0. The summed E-state index contributed by atoms with van der Waals surface area (Å²) in [5, 5.41) is 0. The van der Waals surface area contributed by atoms with E-state index in [0.29, 0.717) is 18.1 Å². The highest BCUT2D eigenvalue weighted by atomic mass is 16.7. The molecule has 1 saturated heterocycles. The van der Waals surface area contributed by atoms with Crippen molar-refractivity contribution in [2.24, 2.45) is 5.92 Å². The lowest BCUT2D eigenvalue weighted by Crippen LogP contribution is -2.43. The van der Waals surface area contributed by atoms with E-state index in [9.17, 15) is 0 Å². The Morgan fingerprint density at radius 1 is 1.19 bits per heavy atom. The molecule has 1 aliphatic heterocycles. The van der Waals surface area contributed by atoms with Crippen LogP contribution in [0.1, 0.15) is 40.5 Å². The Balaban J connectivity index is 2.47. The van der Waals surface area contributed by atoms with Gasteiger partial charge in [0.1, 0.15) is 0 Å². The van der Waals surface area contributed by atoms with E-state index in [1.165, 1.54) is 0 Å². The molecular weight excluding hydrogens is 202 g/mol. The summed E-state index contributed by atoms with van der Waals surface area (Å²) in [5.41, 5.74) is 0. The van der Waals surface area contributed by atoms with Crippen molar-refractivity contribution in [3.05, 3.63) is 0 Å². The van der Waals surface area contributed by atoms with Crippen molar-refractivity contribution in [3.63, 3.8) is 0 Å². The molecule has 96 valence electrons. The van der Waals surface area contributed by atoms with E-state index in [2.05, 4.69) is 46.7 Å². The predicted molar refractivity (Wildman–Crippen MR) is 66.4 cm³/mol. The number of rotatable bonds is 4. The number of nitrogens with zero attached hydrogens (tertiary/aromatic N) is 1. The summed E-state index contributed by atoms with van der Waals surface area (Å²) in [5.74, 6) is 0.540. The van der Waals surface area contributed by atoms with Crippen molar-refractivity contribution >= 4 is 0 Å². The molecule has 0 bridgehead atoms. The molecule has 1 fully saturated rings. The molecule has 0 amide bonds. The first-order valence-corrected chi connectivity index (χ1v) is 6.37. The first kappa shape index (κ1) is 13.9. The largest absolute Gasteiger partial charge is 0.350 e. The van der Waals surface area contributed by atoms with Gasteiger partial charge in [0.2, 0.25) is 0 Å². The number of hydrogen-bond acceptors (Lipinski definition) is 3. The monoisotopic (exact) mass is 229 g/mol. The van der Waals surface area contributed by atoms with Gasteiger partial charge in [-0.1, -0.05) is 13.8 Å². The lowest BCUT2D eigenvalue weighted by Gasteiger charge is -2.38. The molecular formula is C13H27NO2. The molecule has 4 atom stereocenters. The van der Waals surface area contributed by atoms with Gasteiger partial charge in [0.05, 0.1) is 12.2 Å². The smallest absolute Gasteiger partial charge is 0.159 e. The van der Waals surface area contributed by atoms with Crippen molar-refractivity contribution in [3.8, 4) is 0 Å². The predicted octanol–water partition coefficient (Wildman–Crippen LogP) is 2.50. The molecule has 0 aromatic heterocycles. The van der Waals surface area contributed by atoms with Crippen molar-refractivity contribution in [2.45, 2.75) is 65.1 Å².